The van der Waals surface area contributed by atoms with Gasteiger partial charge in [-0.25, -0.2) is 4.79 Å². The van der Waals surface area contributed by atoms with E-state index >= 15 is 0 Å². The van der Waals surface area contributed by atoms with Gasteiger partial charge in [0.1, 0.15) is 16.5 Å². The fourth-order valence-electron chi connectivity index (χ4n) is 5.27. The summed E-state index contributed by atoms with van der Waals surface area (Å²) < 4.78 is 13.1. The molecule has 0 spiro atoms. The van der Waals surface area contributed by atoms with Crippen molar-refractivity contribution in [2.24, 2.45) is 5.92 Å². The number of hydrogen-bond acceptors (Lipinski definition) is 4. The minimum absolute atomic E-state index is 0.0754. The van der Waals surface area contributed by atoms with Crippen molar-refractivity contribution in [2.75, 3.05) is 19.5 Å². The van der Waals surface area contributed by atoms with Crippen molar-refractivity contribution in [1.29, 1.82) is 0 Å². The summed E-state index contributed by atoms with van der Waals surface area (Å²) >= 11 is 8.26. The number of fused-ring (bicyclic) bond motifs is 5. The number of ether oxygens (including phenoxy) is 2. The molecule has 2 aliphatic rings. The largest absolute Gasteiger partial charge is 0.495 e. The first kappa shape index (κ1) is 23.1. The molecule has 180 valence electrons. The Hall–Kier alpha value is -2.64. The monoisotopic (exact) mass is 499 g/mol. The molecule has 0 saturated carbocycles. The zero-order valence-electron chi connectivity index (χ0n) is 20.0. The molecular formula is C26H30ClN3O3S. The summed E-state index contributed by atoms with van der Waals surface area (Å²) in [5.74, 6) is 1.23. The van der Waals surface area contributed by atoms with Gasteiger partial charge >= 0.3 is 6.03 Å². The number of nitrogens with zero attached hydrogens (tertiary/aromatic N) is 2. The van der Waals surface area contributed by atoms with Gasteiger partial charge in [0.05, 0.1) is 37.5 Å². The summed E-state index contributed by atoms with van der Waals surface area (Å²) in [6.45, 7) is 4.91. The second-order valence-corrected chi connectivity index (χ2v) is 10.7. The van der Waals surface area contributed by atoms with E-state index in [0.29, 0.717) is 28.8 Å². The number of hydrogen-bond donors (Lipinski definition) is 1. The predicted molar refractivity (Wildman–Crippen MR) is 137 cm³/mol. The molecule has 5 rings (SSSR count). The molecule has 1 atom stereocenters. The molecule has 0 unspecified atom stereocenters. The number of aryl methyl sites for hydroxylation is 1. The summed E-state index contributed by atoms with van der Waals surface area (Å²) in [5.41, 5.74) is 4.39. The number of rotatable bonds is 4. The van der Waals surface area contributed by atoms with E-state index in [2.05, 4.69) is 42.1 Å². The Balaban J connectivity index is 1.57. The highest BCUT2D eigenvalue weighted by atomic mass is 35.5. The molecule has 2 aromatic heterocycles. The lowest BCUT2D eigenvalue weighted by Crippen LogP contribution is -2.39. The Kier molecular flexibility index (Phi) is 6.25. The minimum atomic E-state index is -0.172. The van der Waals surface area contributed by atoms with Gasteiger partial charge in [0, 0.05) is 28.4 Å². The van der Waals surface area contributed by atoms with Crippen molar-refractivity contribution in [3.63, 3.8) is 0 Å². The van der Waals surface area contributed by atoms with Crippen LogP contribution in [-0.2, 0) is 19.4 Å². The molecule has 0 saturated heterocycles. The Bertz CT molecular complexity index is 1230. The van der Waals surface area contributed by atoms with Crippen LogP contribution in [0, 0.1) is 5.92 Å². The highest BCUT2D eigenvalue weighted by Crippen LogP contribution is 2.44. The van der Waals surface area contributed by atoms with Crippen molar-refractivity contribution >= 4 is 34.7 Å². The molecule has 3 heterocycles. The third kappa shape index (κ3) is 3.85. The van der Waals surface area contributed by atoms with Crippen molar-refractivity contribution in [3.8, 4) is 16.5 Å². The van der Waals surface area contributed by atoms with Crippen LogP contribution < -0.4 is 14.8 Å². The molecule has 8 heteroatoms. The van der Waals surface area contributed by atoms with E-state index in [1.807, 2.05) is 16.2 Å². The Labute approximate surface area is 209 Å². The maximum absolute atomic E-state index is 13.9. The number of carbonyl (C=O) groups is 1. The molecule has 6 nitrogen and oxygen atoms in total. The maximum atomic E-state index is 13.9. The van der Waals surface area contributed by atoms with Crippen LogP contribution in [0.15, 0.2) is 30.5 Å². The lowest BCUT2D eigenvalue weighted by Gasteiger charge is -2.33. The van der Waals surface area contributed by atoms with Crippen LogP contribution in [0.3, 0.4) is 0 Å². The van der Waals surface area contributed by atoms with Gasteiger partial charge in [0.2, 0.25) is 0 Å². The third-order valence-corrected chi connectivity index (χ3v) is 8.46. The average molecular weight is 500 g/mol. The lowest BCUT2D eigenvalue weighted by atomic mass is 9.94. The van der Waals surface area contributed by atoms with E-state index in [1.54, 1.807) is 26.4 Å². The van der Waals surface area contributed by atoms with E-state index in [9.17, 15) is 4.79 Å². The Morgan fingerprint density at radius 3 is 2.65 bits per heavy atom. The van der Waals surface area contributed by atoms with E-state index in [1.165, 1.54) is 33.8 Å². The number of methoxy groups -OCH3 is 2. The number of benzene rings is 1. The zero-order valence-corrected chi connectivity index (χ0v) is 21.6. The Morgan fingerprint density at radius 2 is 1.91 bits per heavy atom. The number of amides is 2. The highest BCUT2D eigenvalue weighted by molar-refractivity contribution is 7.15. The maximum Gasteiger partial charge on any atom is 0.322 e. The molecule has 2 amide bonds. The fraction of sp³-hybridized carbons (Fsp3) is 0.423. The summed E-state index contributed by atoms with van der Waals surface area (Å²) in [7, 11) is 3.12. The molecule has 1 aliphatic carbocycles. The van der Waals surface area contributed by atoms with E-state index in [4.69, 9.17) is 21.1 Å². The second kappa shape index (κ2) is 9.19. The van der Waals surface area contributed by atoms with Gasteiger partial charge in [0.15, 0.2) is 0 Å². The summed E-state index contributed by atoms with van der Waals surface area (Å²) in [6, 6.07) is 7.35. The number of anilines is 1. The quantitative estimate of drug-likeness (QED) is 0.428. The number of nitrogens with one attached hydrogen (secondary N) is 1. The number of halogens is 1. The van der Waals surface area contributed by atoms with Crippen LogP contribution in [0.5, 0.6) is 11.5 Å². The van der Waals surface area contributed by atoms with Gasteiger partial charge in [-0.3, -0.25) is 0 Å². The van der Waals surface area contributed by atoms with Gasteiger partial charge in [-0.2, -0.15) is 0 Å². The van der Waals surface area contributed by atoms with E-state index in [-0.39, 0.29) is 18.0 Å². The fourth-order valence-corrected chi connectivity index (χ4v) is 6.91. The first-order valence-electron chi connectivity index (χ1n) is 11.7. The second-order valence-electron chi connectivity index (χ2n) is 9.23. The van der Waals surface area contributed by atoms with Crippen LogP contribution in [-0.4, -0.2) is 29.7 Å². The van der Waals surface area contributed by atoms with Gasteiger partial charge in [-0.05, 0) is 55.4 Å². The highest BCUT2D eigenvalue weighted by Gasteiger charge is 2.36. The van der Waals surface area contributed by atoms with E-state index < -0.39 is 0 Å². The Morgan fingerprint density at radius 1 is 1.15 bits per heavy atom. The molecule has 0 fully saturated rings. The summed E-state index contributed by atoms with van der Waals surface area (Å²) in [4.78, 5) is 17.3. The first-order chi connectivity index (χ1) is 16.4. The van der Waals surface area contributed by atoms with Gasteiger partial charge < -0.3 is 24.3 Å². The number of thiophene rings is 1. The normalized spacial score (nSPS) is 17.0. The van der Waals surface area contributed by atoms with Crippen molar-refractivity contribution in [2.45, 2.75) is 52.1 Å². The minimum Gasteiger partial charge on any atom is -0.495 e. The van der Waals surface area contributed by atoms with Gasteiger partial charge in [0.25, 0.3) is 0 Å². The molecule has 0 radical (unpaired) electrons. The van der Waals surface area contributed by atoms with Crippen LogP contribution in [0.2, 0.25) is 5.02 Å². The standard InChI is InChI=1S/C26H30ClN3O3S/c1-15(2)24-20-9-7-11-29(20)25-17(16-8-5-6-10-23(16)34-25)14-30(24)26(31)28-19-12-18(27)21(32-3)13-22(19)33-4/h7,9,11-13,15,24H,5-6,8,10,14H2,1-4H3,(H,28,31)/t24-/m0/s1. The van der Waals surface area contributed by atoms with Crippen LogP contribution in [0.25, 0.3) is 5.00 Å². The van der Waals surface area contributed by atoms with Crippen molar-refractivity contribution in [3.05, 3.63) is 57.2 Å². The van der Waals surface area contributed by atoms with Crippen LogP contribution >= 0.6 is 22.9 Å². The average Bonchev–Trinajstić information content (AvgIpc) is 3.40. The van der Waals surface area contributed by atoms with Crippen LogP contribution in [0.4, 0.5) is 10.5 Å². The summed E-state index contributed by atoms with van der Waals surface area (Å²) in [6.07, 6.45) is 6.80. The zero-order chi connectivity index (χ0) is 24.0. The molecule has 1 aromatic carbocycles. The molecule has 1 aliphatic heterocycles. The SMILES string of the molecule is COc1cc(OC)c(NC(=O)N2Cc3c(sc4c3CCCC4)-n3cccc3[C@@H]2C(C)C)cc1Cl. The predicted octanol–water partition coefficient (Wildman–Crippen LogP) is 6.83. The van der Waals surface area contributed by atoms with Crippen LogP contribution in [0.1, 0.15) is 54.4 Å². The van der Waals surface area contributed by atoms with Crippen molar-refractivity contribution < 1.29 is 14.3 Å². The van der Waals surface area contributed by atoms with Gasteiger partial charge in [-0.15, -0.1) is 11.3 Å². The number of carbonyl (C=O) groups excluding carboxylic acids is 1. The van der Waals surface area contributed by atoms with Crippen molar-refractivity contribution in [1.82, 2.24) is 9.47 Å². The first-order valence-corrected chi connectivity index (χ1v) is 12.9. The summed E-state index contributed by atoms with van der Waals surface area (Å²) in [5, 5.41) is 4.75. The number of urea groups is 1. The third-order valence-electron chi connectivity index (χ3n) is 6.83. The molecular weight excluding hydrogens is 470 g/mol. The van der Waals surface area contributed by atoms with E-state index in [0.717, 1.165) is 18.5 Å². The smallest absolute Gasteiger partial charge is 0.322 e. The molecule has 34 heavy (non-hydrogen) atoms. The molecule has 1 N–H and O–H groups in total. The topological polar surface area (TPSA) is 55.7 Å². The lowest BCUT2D eigenvalue weighted by molar-refractivity contribution is 0.161. The molecule has 3 aromatic rings. The molecule has 0 bridgehead atoms. The van der Waals surface area contributed by atoms with Gasteiger partial charge in [-0.1, -0.05) is 25.4 Å². The number of aromatic nitrogens is 1.